The summed E-state index contributed by atoms with van der Waals surface area (Å²) in [5, 5.41) is 11.3. The predicted molar refractivity (Wildman–Crippen MR) is 102 cm³/mol. The van der Waals surface area contributed by atoms with Crippen molar-refractivity contribution in [2.45, 2.75) is 77.0 Å². The molecular formula is C21H26O10. The van der Waals surface area contributed by atoms with Crippen LogP contribution >= 0.6 is 0 Å². The summed E-state index contributed by atoms with van der Waals surface area (Å²) >= 11 is 0. The van der Waals surface area contributed by atoms with Crippen LogP contribution in [0.3, 0.4) is 0 Å². The highest BCUT2D eigenvalue weighted by molar-refractivity contribution is 5.95. The maximum atomic E-state index is 12.6. The monoisotopic (exact) mass is 438 g/mol. The van der Waals surface area contributed by atoms with E-state index in [1.807, 2.05) is 0 Å². The van der Waals surface area contributed by atoms with E-state index in [0.29, 0.717) is 6.42 Å². The van der Waals surface area contributed by atoms with Gasteiger partial charge in [0.15, 0.2) is 5.60 Å². The van der Waals surface area contributed by atoms with E-state index in [2.05, 4.69) is 0 Å². The molecule has 31 heavy (non-hydrogen) atoms. The Kier molecular flexibility index (Phi) is 5.74. The standard InChI is InChI=1S/C21H26O10/c1-11(22)27-10-14-17-15(29-18(14)25)8-19(4)6-7-21(26,31-19)20(5,30-13(3)24)9-16(17)28-12(2)23/h8,16,26H,6-7,9-10H2,1-5H3/t16-,19-,20+,21+/m0/s1. The molecule has 170 valence electrons. The molecule has 0 saturated carbocycles. The molecule has 4 atom stereocenters. The van der Waals surface area contributed by atoms with Crippen LogP contribution in [0.15, 0.2) is 23.0 Å². The second-order valence-corrected chi connectivity index (χ2v) is 8.40. The fourth-order valence-corrected chi connectivity index (χ4v) is 4.26. The average molecular weight is 438 g/mol. The van der Waals surface area contributed by atoms with E-state index >= 15 is 0 Å². The average Bonchev–Trinajstić information content (AvgIpc) is 3.08. The number of carbonyl (C=O) groups excluding carboxylic acids is 4. The molecule has 3 aliphatic rings. The summed E-state index contributed by atoms with van der Waals surface area (Å²) < 4.78 is 27.3. The molecule has 10 heteroatoms. The van der Waals surface area contributed by atoms with Crippen molar-refractivity contribution in [3.8, 4) is 0 Å². The number of fused-ring (bicyclic) bond motifs is 3. The minimum atomic E-state index is -1.89. The van der Waals surface area contributed by atoms with Gasteiger partial charge < -0.3 is 28.8 Å². The van der Waals surface area contributed by atoms with E-state index in [1.54, 1.807) is 6.92 Å². The summed E-state index contributed by atoms with van der Waals surface area (Å²) in [6.45, 7) is 6.33. The van der Waals surface area contributed by atoms with Gasteiger partial charge >= 0.3 is 23.9 Å². The first-order valence-electron chi connectivity index (χ1n) is 9.89. The zero-order valence-electron chi connectivity index (χ0n) is 18.1. The summed E-state index contributed by atoms with van der Waals surface area (Å²) in [4.78, 5) is 47.7. The molecule has 0 aromatic rings. The van der Waals surface area contributed by atoms with Gasteiger partial charge in [0.1, 0.15) is 18.5 Å². The quantitative estimate of drug-likeness (QED) is 0.504. The van der Waals surface area contributed by atoms with Crippen molar-refractivity contribution in [3.05, 3.63) is 23.0 Å². The first-order valence-corrected chi connectivity index (χ1v) is 9.89. The Hall–Kier alpha value is -2.72. The zero-order chi connectivity index (χ0) is 23.2. The molecule has 3 aliphatic heterocycles. The minimum absolute atomic E-state index is 0.00811. The van der Waals surface area contributed by atoms with E-state index < -0.39 is 53.6 Å². The van der Waals surface area contributed by atoms with Gasteiger partial charge in [0.2, 0.25) is 5.79 Å². The molecule has 10 nitrogen and oxygen atoms in total. The lowest BCUT2D eigenvalue weighted by Gasteiger charge is -2.42. The second kappa shape index (κ2) is 7.76. The van der Waals surface area contributed by atoms with Crippen LogP contribution in [0, 0.1) is 0 Å². The van der Waals surface area contributed by atoms with Gasteiger partial charge in [0, 0.05) is 39.2 Å². The lowest BCUT2D eigenvalue weighted by molar-refractivity contribution is -0.302. The van der Waals surface area contributed by atoms with E-state index in [0.717, 1.165) is 0 Å². The van der Waals surface area contributed by atoms with Crippen LogP contribution in [0.25, 0.3) is 0 Å². The van der Waals surface area contributed by atoms with Crippen LogP contribution in [0.2, 0.25) is 0 Å². The minimum Gasteiger partial charge on any atom is -0.461 e. The Morgan fingerprint density at radius 3 is 2.39 bits per heavy atom. The van der Waals surface area contributed by atoms with Gasteiger partial charge in [-0.25, -0.2) is 4.79 Å². The third kappa shape index (κ3) is 4.35. The Labute approximate surface area is 179 Å². The van der Waals surface area contributed by atoms with Gasteiger partial charge in [0.05, 0.1) is 11.2 Å². The van der Waals surface area contributed by atoms with Crippen molar-refractivity contribution in [2.75, 3.05) is 6.61 Å². The van der Waals surface area contributed by atoms with Crippen molar-refractivity contribution < 1.29 is 48.0 Å². The van der Waals surface area contributed by atoms with Crippen LogP contribution in [0.1, 0.15) is 53.9 Å². The number of carbonyl (C=O) groups is 4. The first kappa shape index (κ1) is 23.0. The van der Waals surface area contributed by atoms with Gasteiger partial charge in [-0.15, -0.1) is 0 Å². The van der Waals surface area contributed by atoms with Gasteiger partial charge in [0.25, 0.3) is 0 Å². The summed E-state index contributed by atoms with van der Waals surface area (Å²) in [5.74, 6) is -4.52. The number of ether oxygens (including phenoxy) is 5. The molecule has 0 aromatic carbocycles. The van der Waals surface area contributed by atoms with Gasteiger partial charge in [-0.05, 0) is 26.3 Å². The lowest BCUT2D eigenvalue weighted by atomic mass is 9.82. The molecule has 1 saturated heterocycles. The molecule has 1 fully saturated rings. The van der Waals surface area contributed by atoms with Crippen molar-refractivity contribution in [2.24, 2.45) is 0 Å². The molecule has 0 amide bonds. The fourth-order valence-electron chi connectivity index (χ4n) is 4.26. The van der Waals surface area contributed by atoms with Gasteiger partial charge in [-0.1, -0.05) is 0 Å². The van der Waals surface area contributed by atoms with Crippen molar-refractivity contribution in [1.29, 1.82) is 0 Å². The Morgan fingerprint density at radius 2 is 1.81 bits per heavy atom. The van der Waals surface area contributed by atoms with Crippen LogP contribution in [0.5, 0.6) is 0 Å². The highest BCUT2D eigenvalue weighted by atomic mass is 16.7. The van der Waals surface area contributed by atoms with E-state index in [4.69, 9.17) is 23.7 Å². The molecule has 1 N–H and O–H groups in total. The molecule has 0 aliphatic carbocycles. The molecule has 3 heterocycles. The maximum Gasteiger partial charge on any atom is 0.343 e. The summed E-state index contributed by atoms with van der Waals surface area (Å²) in [6.07, 6.45) is 0.602. The number of hydrogen-bond acceptors (Lipinski definition) is 10. The SMILES string of the molecule is CC(=O)OCC1=C2C(=C[C@]3(C)CC[C@@](O)(O3)[C@](C)(OC(C)=O)C[C@@H]2OC(C)=O)OC1=O. The Balaban J connectivity index is 2.21. The van der Waals surface area contributed by atoms with Crippen LogP contribution < -0.4 is 0 Å². The Morgan fingerprint density at radius 1 is 1.13 bits per heavy atom. The Bertz CT molecular complexity index is 902. The fraction of sp³-hybridized carbons (Fsp3) is 0.619. The van der Waals surface area contributed by atoms with Crippen LogP contribution in [0.4, 0.5) is 0 Å². The topological polar surface area (TPSA) is 135 Å². The number of rotatable bonds is 4. The summed E-state index contributed by atoms with van der Waals surface area (Å²) in [6, 6.07) is 0. The summed E-state index contributed by atoms with van der Waals surface area (Å²) in [5.41, 5.74) is -2.53. The maximum absolute atomic E-state index is 12.6. The normalized spacial score (nSPS) is 34.6. The molecule has 0 aromatic heterocycles. The molecule has 0 radical (unpaired) electrons. The molecule has 0 unspecified atom stereocenters. The number of esters is 4. The van der Waals surface area contributed by atoms with Crippen molar-refractivity contribution in [3.63, 3.8) is 0 Å². The number of aliphatic hydroxyl groups is 1. The summed E-state index contributed by atoms with van der Waals surface area (Å²) in [7, 11) is 0. The van der Waals surface area contributed by atoms with Crippen molar-refractivity contribution in [1.82, 2.24) is 0 Å². The smallest absolute Gasteiger partial charge is 0.343 e. The van der Waals surface area contributed by atoms with E-state index in [-0.39, 0.29) is 29.7 Å². The third-order valence-corrected chi connectivity index (χ3v) is 5.66. The molecular weight excluding hydrogens is 412 g/mol. The van der Waals surface area contributed by atoms with E-state index in [9.17, 15) is 24.3 Å². The van der Waals surface area contributed by atoms with Crippen LogP contribution in [-0.4, -0.2) is 58.7 Å². The molecule has 3 rings (SSSR count). The van der Waals surface area contributed by atoms with E-state index in [1.165, 1.54) is 33.8 Å². The predicted octanol–water partition coefficient (Wildman–Crippen LogP) is 1.20. The molecule has 2 bridgehead atoms. The highest BCUT2D eigenvalue weighted by Gasteiger charge is 2.61. The molecule has 0 spiro atoms. The largest absolute Gasteiger partial charge is 0.461 e. The lowest BCUT2D eigenvalue weighted by Crippen LogP contribution is -2.57. The van der Waals surface area contributed by atoms with Crippen molar-refractivity contribution >= 4 is 23.9 Å². The highest BCUT2D eigenvalue weighted by Crippen LogP contribution is 2.50. The second-order valence-electron chi connectivity index (χ2n) is 8.40. The third-order valence-electron chi connectivity index (χ3n) is 5.66. The van der Waals surface area contributed by atoms with Gasteiger partial charge in [-0.2, -0.15) is 0 Å². The zero-order valence-corrected chi connectivity index (χ0v) is 18.1. The van der Waals surface area contributed by atoms with Gasteiger partial charge in [-0.3, -0.25) is 14.4 Å². The number of hydrogen-bond donors (Lipinski definition) is 1. The van der Waals surface area contributed by atoms with Crippen LogP contribution in [-0.2, 0) is 42.9 Å². The first-order chi connectivity index (χ1) is 14.3.